The lowest BCUT2D eigenvalue weighted by atomic mass is 10.1. The first-order valence-electron chi connectivity index (χ1n) is 9.42. The van der Waals surface area contributed by atoms with Gasteiger partial charge in [0, 0.05) is 24.3 Å². The zero-order chi connectivity index (χ0) is 18.4. The van der Waals surface area contributed by atoms with Crippen molar-refractivity contribution in [1.29, 1.82) is 0 Å². The molecule has 1 N–H and O–H groups in total. The molecule has 2 aromatic rings. The van der Waals surface area contributed by atoms with Gasteiger partial charge in [-0.3, -0.25) is 9.59 Å². The van der Waals surface area contributed by atoms with E-state index >= 15 is 0 Å². The zero-order valence-corrected chi connectivity index (χ0v) is 15.5. The van der Waals surface area contributed by atoms with Crippen molar-refractivity contribution in [3.63, 3.8) is 0 Å². The monoisotopic (exact) mass is 355 g/mol. The first kappa shape index (κ1) is 17.0. The topological polar surface area (TPSA) is 80.1 Å². The van der Waals surface area contributed by atoms with Crippen LogP contribution in [0.25, 0.3) is 11.0 Å². The third-order valence-corrected chi connectivity index (χ3v) is 5.15. The first-order valence-corrected chi connectivity index (χ1v) is 9.42. The summed E-state index contributed by atoms with van der Waals surface area (Å²) in [5.41, 5.74) is 2.09. The van der Waals surface area contributed by atoms with Gasteiger partial charge in [0.25, 0.3) is 5.91 Å². The fraction of sp³-hybridized carbons (Fsp3) is 0.579. The Hall–Kier alpha value is -2.44. The van der Waals surface area contributed by atoms with Gasteiger partial charge in [-0.05, 0) is 52.5 Å². The highest BCUT2D eigenvalue weighted by atomic mass is 16.2. The SMILES string of the molecule is Cc1cc(C(=O)N2CCCC2C(=O)NC2CC2)c2cnn(C(C)C)c2n1. The molecule has 138 valence electrons. The van der Waals surface area contributed by atoms with Crippen LogP contribution in [0.4, 0.5) is 0 Å². The van der Waals surface area contributed by atoms with Crippen LogP contribution >= 0.6 is 0 Å². The lowest BCUT2D eigenvalue weighted by Gasteiger charge is -2.24. The minimum atomic E-state index is -0.369. The molecule has 1 aliphatic carbocycles. The van der Waals surface area contributed by atoms with E-state index in [1.165, 1.54) is 0 Å². The maximum absolute atomic E-state index is 13.3. The van der Waals surface area contributed by atoms with E-state index in [1.807, 2.05) is 31.5 Å². The molecule has 26 heavy (non-hydrogen) atoms. The van der Waals surface area contributed by atoms with E-state index in [0.29, 0.717) is 18.2 Å². The summed E-state index contributed by atoms with van der Waals surface area (Å²) in [5, 5.41) is 8.20. The van der Waals surface area contributed by atoms with Gasteiger partial charge in [0.2, 0.25) is 5.91 Å². The predicted octanol–water partition coefficient (Wildman–Crippen LogP) is 2.20. The molecule has 1 saturated heterocycles. The van der Waals surface area contributed by atoms with Crippen molar-refractivity contribution < 1.29 is 9.59 Å². The number of aryl methyl sites for hydroxylation is 1. The van der Waals surface area contributed by atoms with Crippen molar-refractivity contribution in [2.75, 3.05) is 6.54 Å². The largest absolute Gasteiger partial charge is 0.352 e. The predicted molar refractivity (Wildman–Crippen MR) is 97.9 cm³/mol. The van der Waals surface area contributed by atoms with Gasteiger partial charge in [-0.15, -0.1) is 0 Å². The second-order valence-corrected chi connectivity index (χ2v) is 7.67. The molecule has 3 heterocycles. The van der Waals surface area contributed by atoms with Crippen molar-refractivity contribution in [3.05, 3.63) is 23.5 Å². The van der Waals surface area contributed by atoms with Gasteiger partial charge in [0.05, 0.1) is 17.1 Å². The smallest absolute Gasteiger partial charge is 0.255 e. The fourth-order valence-corrected chi connectivity index (χ4v) is 3.66. The number of pyridine rings is 1. The summed E-state index contributed by atoms with van der Waals surface area (Å²) in [6, 6.07) is 1.91. The zero-order valence-electron chi connectivity index (χ0n) is 15.5. The number of rotatable bonds is 4. The molecule has 2 aromatic heterocycles. The number of amides is 2. The van der Waals surface area contributed by atoms with E-state index in [1.54, 1.807) is 11.1 Å². The molecule has 2 fully saturated rings. The van der Waals surface area contributed by atoms with E-state index in [2.05, 4.69) is 15.4 Å². The maximum atomic E-state index is 13.3. The van der Waals surface area contributed by atoms with Crippen LogP contribution in [0.5, 0.6) is 0 Å². The summed E-state index contributed by atoms with van der Waals surface area (Å²) < 4.78 is 1.83. The molecule has 1 unspecified atom stereocenters. The minimum Gasteiger partial charge on any atom is -0.352 e. The third kappa shape index (κ3) is 2.95. The van der Waals surface area contributed by atoms with Gasteiger partial charge >= 0.3 is 0 Å². The second kappa shape index (κ2) is 6.37. The second-order valence-electron chi connectivity index (χ2n) is 7.67. The Morgan fingerprint density at radius 1 is 1.27 bits per heavy atom. The molecule has 4 rings (SSSR count). The summed E-state index contributed by atoms with van der Waals surface area (Å²) in [6.07, 6.45) is 5.38. The van der Waals surface area contributed by atoms with Gasteiger partial charge in [-0.1, -0.05) is 0 Å². The highest BCUT2D eigenvalue weighted by Crippen LogP contribution is 2.27. The van der Waals surface area contributed by atoms with Crippen molar-refractivity contribution in [2.24, 2.45) is 0 Å². The van der Waals surface area contributed by atoms with Crippen LogP contribution in [0.15, 0.2) is 12.3 Å². The standard InChI is InChI=1S/C19H25N5O2/c1-11(2)24-17-15(10-20-24)14(9-12(3)21-17)19(26)23-8-4-5-16(23)18(25)22-13-6-7-13/h9-11,13,16H,4-8H2,1-3H3,(H,22,25). The molecule has 7 heteroatoms. The maximum Gasteiger partial charge on any atom is 0.255 e. The molecule has 0 spiro atoms. The summed E-state index contributed by atoms with van der Waals surface area (Å²) in [5.74, 6) is -0.115. The summed E-state index contributed by atoms with van der Waals surface area (Å²) in [7, 11) is 0. The van der Waals surface area contributed by atoms with Crippen LogP contribution < -0.4 is 5.32 Å². The molecule has 0 bridgehead atoms. The van der Waals surface area contributed by atoms with Crippen LogP contribution in [0.1, 0.15) is 61.6 Å². The van der Waals surface area contributed by atoms with Gasteiger partial charge in [0.15, 0.2) is 5.65 Å². The van der Waals surface area contributed by atoms with Crippen molar-refractivity contribution >= 4 is 22.8 Å². The molecule has 0 radical (unpaired) electrons. The fourth-order valence-electron chi connectivity index (χ4n) is 3.66. The van der Waals surface area contributed by atoms with Crippen molar-refractivity contribution in [2.45, 2.75) is 64.6 Å². The molecule has 1 aliphatic heterocycles. The number of carbonyl (C=O) groups is 2. The van der Waals surface area contributed by atoms with E-state index in [4.69, 9.17) is 0 Å². The van der Waals surface area contributed by atoms with Gasteiger partial charge in [-0.25, -0.2) is 9.67 Å². The lowest BCUT2D eigenvalue weighted by molar-refractivity contribution is -0.125. The minimum absolute atomic E-state index is 0.0155. The first-order chi connectivity index (χ1) is 12.5. The number of hydrogen-bond donors (Lipinski definition) is 1. The highest BCUT2D eigenvalue weighted by molar-refractivity contribution is 6.07. The Bertz CT molecular complexity index is 868. The molecule has 7 nitrogen and oxygen atoms in total. The summed E-state index contributed by atoms with van der Waals surface area (Å²) >= 11 is 0. The van der Waals surface area contributed by atoms with Crippen LogP contribution in [0.3, 0.4) is 0 Å². The van der Waals surface area contributed by atoms with E-state index in [9.17, 15) is 9.59 Å². The third-order valence-electron chi connectivity index (χ3n) is 5.15. The number of likely N-dealkylation sites (tertiary alicyclic amines) is 1. The van der Waals surface area contributed by atoms with Crippen LogP contribution in [-0.4, -0.2) is 50.1 Å². The van der Waals surface area contributed by atoms with Crippen LogP contribution in [0.2, 0.25) is 0 Å². The Morgan fingerprint density at radius 3 is 2.73 bits per heavy atom. The Balaban J connectivity index is 1.68. The Kier molecular flexibility index (Phi) is 4.17. The van der Waals surface area contributed by atoms with E-state index in [0.717, 1.165) is 42.4 Å². The lowest BCUT2D eigenvalue weighted by Crippen LogP contribution is -2.46. The average molecular weight is 355 g/mol. The number of aromatic nitrogens is 3. The van der Waals surface area contributed by atoms with E-state index < -0.39 is 0 Å². The number of fused-ring (bicyclic) bond motifs is 1. The average Bonchev–Trinajstić information content (AvgIpc) is 3.11. The normalized spacial score (nSPS) is 20.2. The number of nitrogens with one attached hydrogen (secondary N) is 1. The van der Waals surface area contributed by atoms with E-state index in [-0.39, 0.29) is 23.9 Å². The van der Waals surface area contributed by atoms with Gasteiger partial charge in [0.1, 0.15) is 6.04 Å². The number of nitrogens with zero attached hydrogens (tertiary/aromatic N) is 4. The number of hydrogen-bond acceptors (Lipinski definition) is 4. The molecular weight excluding hydrogens is 330 g/mol. The quantitative estimate of drug-likeness (QED) is 0.912. The molecule has 1 saturated carbocycles. The van der Waals surface area contributed by atoms with Gasteiger partial charge < -0.3 is 10.2 Å². The molecular formula is C19H25N5O2. The molecule has 1 atom stereocenters. The van der Waals surface area contributed by atoms with Crippen molar-refractivity contribution in [1.82, 2.24) is 25.0 Å². The molecule has 2 aliphatic rings. The summed E-state index contributed by atoms with van der Waals surface area (Å²) in [6.45, 7) is 6.57. The van der Waals surface area contributed by atoms with Crippen LogP contribution in [0, 0.1) is 6.92 Å². The Morgan fingerprint density at radius 2 is 2.04 bits per heavy atom. The molecule has 0 aromatic carbocycles. The van der Waals surface area contributed by atoms with Gasteiger partial charge in [-0.2, -0.15) is 5.10 Å². The summed E-state index contributed by atoms with van der Waals surface area (Å²) in [4.78, 5) is 32.1. The van der Waals surface area contributed by atoms with Crippen molar-refractivity contribution in [3.8, 4) is 0 Å². The highest BCUT2D eigenvalue weighted by Gasteiger charge is 2.37. The number of carbonyl (C=O) groups excluding carboxylic acids is 2. The Labute approximate surface area is 152 Å². The molecule has 2 amide bonds. The van der Waals surface area contributed by atoms with Crippen LogP contribution in [-0.2, 0) is 4.79 Å².